The van der Waals surface area contributed by atoms with Gasteiger partial charge in [0, 0.05) is 26.7 Å². The molecule has 7 heteroatoms. The van der Waals surface area contributed by atoms with Gasteiger partial charge in [-0.1, -0.05) is 26.0 Å². The number of hydrogen-bond donors (Lipinski definition) is 2. The minimum absolute atomic E-state index is 0. The van der Waals surface area contributed by atoms with E-state index in [2.05, 4.69) is 29.5 Å². The van der Waals surface area contributed by atoms with E-state index in [1.165, 1.54) is 6.07 Å². The van der Waals surface area contributed by atoms with Gasteiger partial charge < -0.3 is 15.4 Å². The first-order valence-electron chi connectivity index (χ1n) is 8.48. The molecule has 2 N–H and O–H groups in total. The van der Waals surface area contributed by atoms with Gasteiger partial charge in [0.15, 0.2) is 17.6 Å². The fraction of sp³-hybridized carbons (Fsp3) is 0.611. The highest BCUT2D eigenvalue weighted by molar-refractivity contribution is 14.0. The maximum atomic E-state index is 13.6. The molecule has 0 spiro atoms. The van der Waals surface area contributed by atoms with Gasteiger partial charge in [0.05, 0.1) is 6.10 Å². The average molecular weight is 469 g/mol. The Morgan fingerprint density at radius 1 is 1.20 bits per heavy atom. The molecule has 0 saturated carbocycles. The van der Waals surface area contributed by atoms with E-state index in [0.29, 0.717) is 37.0 Å². The second kappa shape index (κ2) is 13.3. The fourth-order valence-electron chi connectivity index (χ4n) is 2.43. The van der Waals surface area contributed by atoms with Crippen LogP contribution in [0.3, 0.4) is 0 Å². The molecular formula is C18H30F2IN3O. The first-order chi connectivity index (χ1) is 11.5. The summed E-state index contributed by atoms with van der Waals surface area (Å²) in [5, 5.41) is 6.33. The molecule has 4 nitrogen and oxygen atoms in total. The summed E-state index contributed by atoms with van der Waals surface area (Å²) in [6.07, 6.45) is 1.48. The predicted molar refractivity (Wildman–Crippen MR) is 110 cm³/mol. The van der Waals surface area contributed by atoms with E-state index in [1.54, 1.807) is 13.1 Å². The molecule has 144 valence electrons. The zero-order valence-corrected chi connectivity index (χ0v) is 17.8. The normalized spacial score (nSPS) is 12.7. The lowest BCUT2D eigenvalue weighted by molar-refractivity contribution is 0.0258. The molecule has 1 atom stereocenters. The Morgan fingerprint density at radius 3 is 2.48 bits per heavy atom. The number of benzene rings is 1. The van der Waals surface area contributed by atoms with Crippen molar-refractivity contribution in [3.63, 3.8) is 0 Å². The third kappa shape index (κ3) is 8.80. The van der Waals surface area contributed by atoms with Crippen LogP contribution in [0.1, 0.15) is 32.8 Å². The Hall–Kier alpha value is -0.960. The molecule has 0 amide bonds. The third-order valence-corrected chi connectivity index (χ3v) is 3.79. The van der Waals surface area contributed by atoms with Crippen LogP contribution in [-0.2, 0) is 11.2 Å². The Balaban J connectivity index is 0.00000576. The van der Waals surface area contributed by atoms with Gasteiger partial charge in [-0.05, 0) is 37.3 Å². The zero-order chi connectivity index (χ0) is 17.9. The quantitative estimate of drug-likeness (QED) is 0.329. The lowest BCUT2D eigenvalue weighted by atomic mass is 10.0. The van der Waals surface area contributed by atoms with Gasteiger partial charge in [0.2, 0.25) is 0 Å². The van der Waals surface area contributed by atoms with Crippen LogP contribution in [-0.4, -0.2) is 38.8 Å². The summed E-state index contributed by atoms with van der Waals surface area (Å²) in [6, 6.07) is 4.22. The van der Waals surface area contributed by atoms with Crippen molar-refractivity contribution in [2.24, 2.45) is 10.9 Å². The van der Waals surface area contributed by atoms with Crippen LogP contribution in [0, 0.1) is 17.6 Å². The van der Waals surface area contributed by atoms with Crippen LogP contribution in [0.4, 0.5) is 8.78 Å². The lowest BCUT2D eigenvalue weighted by Crippen LogP contribution is -2.40. The summed E-state index contributed by atoms with van der Waals surface area (Å²) in [7, 11) is 1.68. The van der Waals surface area contributed by atoms with Gasteiger partial charge in [-0.2, -0.15) is 0 Å². The molecule has 1 aromatic rings. The predicted octanol–water partition coefficient (Wildman–Crippen LogP) is 3.74. The molecule has 25 heavy (non-hydrogen) atoms. The minimum atomic E-state index is -0.814. The molecule has 1 rings (SSSR count). The second-order valence-corrected chi connectivity index (χ2v) is 5.92. The van der Waals surface area contributed by atoms with E-state index in [0.717, 1.165) is 19.0 Å². The summed E-state index contributed by atoms with van der Waals surface area (Å²) in [5.74, 6) is -0.493. The molecule has 1 aromatic carbocycles. The number of aliphatic imine (C=N–C) groups is 1. The summed E-state index contributed by atoms with van der Waals surface area (Å²) in [6.45, 7) is 8.18. The highest BCUT2D eigenvalue weighted by Crippen LogP contribution is 2.11. The van der Waals surface area contributed by atoms with Crippen molar-refractivity contribution in [2.75, 3.05) is 26.7 Å². The molecule has 0 radical (unpaired) electrons. The van der Waals surface area contributed by atoms with Crippen molar-refractivity contribution < 1.29 is 13.5 Å². The molecule has 1 unspecified atom stereocenters. The van der Waals surface area contributed by atoms with Gasteiger partial charge in [-0.15, -0.1) is 24.0 Å². The number of rotatable bonds is 9. The first-order valence-corrected chi connectivity index (χ1v) is 8.48. The maximum Gasteiger partial charge on any atom is 0.190 e. The van der Waals surface area contributed by atoms with Crippen molar-refractivity contribution in [1.29, 1.82) is 0 Å². The van der Waals surface area contributed by atoms with Gasteiger partial charge in [-0.25, -0.2) is 8.78 Å². The molecule has 0 aromatic heterocycles. The third-order valence-electron chi connectivity index (χ3n) is 3.79. The van der Waals surface area contributed by atoms with Crippen molar-refractivity contribution in [1.82, 2.24) is 10.6 Å². The van der Waals surface area contributed by atoms with Crippen LogP contribution in [0.2, 0.25) is 0 Å². The van der Waals surface area contributed by atoms with Gasteiger partial charge in [0.1, 0.15) is 0 Å². The van der Waals surface area contributed by atoms with Gasteiger partial charge in [-0.3, -0.25) is 4.99 Å². The molecule has 0 aliphatic carbocycles. The van der Waals surface area contributed by atoms with Crippen molar-refractivity contribution >= 4 is 29.9 Å². The molecule has 0 aliphatic rings. The summed E-state index contributed by atoms with van der Waals surface area (Å²) >= 11 is 0. The van der Waals surface area contributed by atoms with Crippen molar-refractivity contribution in [3.8, 4) is 0 Å². The van der Waals surface area contributed by atoms with Crippen molar-refractivity contribution in [3.05, 3.63) is 35.4 Å². The first kappa shape index (κ1) is 24.0. The van der Waals surface area contributed by atoms with Crippen LogP contribution in [0.15, 0.2) is 23.2 Å². The highest BCUT2D eigenvalue weighted by atomic mass is 127. The standard InChI is InChI=1S/C18H29F2N3O.HI/c1-5-24-16(13(2)3)10-12-23-18(21-4)22-11-9-14-7-6-8-15(19)17(14)20;/h6-8,13,16H,5,9-12H2,1-4H3,(H2,21,22,23);1H. The minimum Gasteiger partial charge on any atom is -0.378 e. The van der Waals surface area contributed by atoms with Crippen LogP contribution in [0.5, 0.6) is 0 Å². The molecule has 0 fully saturated rings. The van der Waals surface area contributed by atoms with Crippen LogP contribution < -0.4 is 10.6 Å². The Bertz CT molecular complexity index is 527. The van der Waals surface area contributed by atoms with E-state index < -0.39 is 11.6 Å². The molecule has 0 saturated heterocycles. The number of nitrogens with zero attached hydrogens (tertiary/aromatic N) is 1. The maximum absolute atomic E-state index is 13.6. The number of hydrogen-bond acceptors (Lipinski definition) is 2. The Kier molecular flexibility index (Phi) is 12.8. The van der Waals surface area contributed by atoms with E-state index in [4.69, 9.17) is 4.74 Å². The van der Waals surface area contributed by atoms with Crippen LogP contribution >= 0.6 is 24.0 Å². The summed E-state index contributed by atoms with van der Waals surface area (Å²) < 4.78 is 32.4. The number of halogens is 3. The topological polar surface area (TPSA) is 45.6 Å². The summed E-state index contributed by atoms with van der Waals surface area (Å²) in [4.78, 5) is 4.13. The van der Waals surface area contributed by atoms with E-state index >= 15 is 0 Å². The molecule has 0 heterocycles. The number of nitrogens with one attached hydrogen (secondary N) is 2. The van der Waals surface area contributed by atoms with Crippen molar-refractivity contribution in [2.45, 2.75) is 39.7 Å². The van der Waals surface area contributed by atoms with Gasteiger partial charge >= 0.3 is 0 Å². The van der Waals surface area contributed by atoms with Gasteiger partial charge in [0.25, 0.3) is 0 Å². The lowest BCUT2D eigenvalue weighted by Gasteiger charge is -2.21. The largest absolute Gasteiger partial charge is 0.378 e. The zero-order valence-electron chi connectivity index (χ0n) is 15.4. The molecular weight excluding hydrogens is 439 g/mol. The number of guanidine groups is 1. The smallest absolute Gasteiger partial charge is 0.190 e. The Morgan fingerprint density at radius 2 is 1.88 bits per heavy atom. The SMILES string of the molecule is CCOC(CCNC(=NC)NCCc1cccc(F)c1F)C(C)C.I. The Labute approximate surface area is 166 Å². The number of ether oxygens (including phenoxy) is 1. The highest BCUT2D eigenvalue weighted by Gasteiger charge is 2.13. The fourth-order valence-corrected chi connectivity index (χ4v) is 2.43. The monoisotopic (exact) mass is 469 g/mol. The molecule has 0 bridgehead atoms. The van der Waals surface area contributed by atoms with E-state index in [-0.39, 0.29) is 30.1 Å². The van der Waals surface area contributed by atoms with Crippen LogP contribution in [0.25, 0.3) is 0 Å². The van der Waals surface area contributed by atoms with E-state index in [1.807, 2.05) is 6.92 Å². The second-order valence-electron chi connectivity index (χ2n) is 5.92. The van der Waals surface area contributed by atoms with E-state index in [9.17, 15) is 8.78 Å². The summed E-state index contributed by atoms with van der Waals surface area (Å²) in [5.41, 5.74) is 0.356. The molecule has 0 aliphatic heterocycles. The average Bonchev–Trinajstić information content (AvgIpc) is 2.56.